The van der Waals surface area contributed by atoms with Gasteiger partial charge in [-0.25, -0.2) is 0 Å². The minimum Gasteiger partial charge on any atom is -0.357 e. The third-order valence-corrected chi connectivity index (χ3v) is 4.93. The molecule has 0 spiro atoms. The van der Waals surface area contributed by atoms with Crippen LogP contribution in [0.1, 0.15) is 24.5 Å². The van der Waals surface area contributed by atoms with E-state index in [1.54, 1.807) is 17.5 Å². The molecule has 0 radical (unpaired) electrons. The third kappa shape index (κ3) is 6.16. The summed E-state index contributed by atoms with van der Waals surface area (Å²) in [6.45, 7) is 6.55. The van der Waals surface area contributed by atoms with Crippen LogP contribution in [0, 0.1) is 5.92 Å². The highest BCUT2D eigenvalue weighted by Gasteiger charge is 2.10. The molecule has 28 heavy (non-hydrogen) atoms. The number of pyridine rings is 1. The second-order valence-corrected chi connectivity index (χ2v) is 7.55. The van der Waals surface area contributed by atoms with E-state index in [1.165, 1.54) is 4.88 Å². The Balaban J connectivity index is 1.47. The van der Waals surface area contributed by atoms with Crippen molar-refractivity contribution in [2.24, 2.45) is 10.9 Å². The molecule has 0 aliphatic rings. The van der Waals surface area contributed by atoms with Crippen LogP contribution in [0.2, 0.25) is 0 Å². The normalized spacial score (nSPS) is 12.7. The Bertz CT molecular complexity index is 847. The first-order valence-electron chi connectivity index (χ1n) is 9.53. The maximum atomic E-state index is 5.29. The molecule has 0 bridgehead atoms. The standard InChI is InChI=1S/C20H26N6OS/c1-3-21-20(24-14-15(2)13-16-7-6-12-28-16)23-11-9-18-25-19(27-26-18)17-8-4-5-10-22-17/h4-8,10,12,15H,3,9,11,13-14H2,1-2H3,(H2,21,23,24). The number of hydrogen-bond acceptors (Lipinski definition) is 6. The fourth-order valence-electron chi connectivity index (χ4n) is 2.67. The molecule has 1 unspecified atom stereocenters. The summed E-state index contributed by atoms with van der Waals surface area (Å²) in [4.78, 5) is 14.7. The zero-order valence-electron chi connectivity index (χ0n) is 16.3. The molecule has 0 amide bonds. The Morgan fingerprint density at radius 2 is 2.18 bits per heavy atom. The van der Waals surface area contributed by atoms with Crippen molar-refractivity contribution in [2.75, 3.05) is 19.6 Å². The largest absolute Gasteiger partial charge is 0.357 e. The van der Waals surface area contributed by atoms with Gasteiger partial charge in [-0.3, -0.25) is 9.98 Å². The lowest BCUT2D eigenvalue weighted by molar-refractivity contribution is 0.421. The molecule has 0 saturated heterocycles. The van der Waals surface area contributed by atoms with Crippen molar-refractivity contribution in [3.8, 4) is 11.6 Å². The average molecular weight is 399 g/mol. The van der Waals surface area contributed by atoms with E-state index in [0.717, 1.165) is 25.5 Å². The molecule has 1 atom stereocenters. The molecule has 3 aromatic rings. The number of hydrogen-bond donors (Lipinski definition) is 2. The van der Waals surface area contributed by atoms with Gasteiger partial charge < -0.3 is 15.2 Å². The van der Waals surface area contributed by atoms with Gasteiger partial charge in [-0.05, 0) is 42.8 Å². The van der Waals surface area contributed by atoms with E-state index in [9.17, 15) is 0 Å². The second-order valence-electron chi connectivity index (χ2n) is 6.52. The molecule has 7 nitrogen and oxygen atoms in total. The van der Waals surface area contributed by atoms with Gasteiger partial charge in [-0.2, -0.15) is 4.98 Å². The summed E-state index contributed by atoms with van der Waals surface area (Å²) in [6, 6.07) is 9.88. The summed E-state index contributed by atoms with van der Waals surface area (Å²) < 4.78 is 5.29. The van der Waals surface area contributed by atoms with E-state index in [2.05, 4.69) is 57.1 Å². The number of thiophene rings is 1. The Hall–Kier alpha value is -2.74. The molecule has 3 aromatic heterocycles. The van der Waals surface area contributed by atoms with Crippen LogP contribution in [0.3, 0.4) is 0 Å². The molecule has 8 heteroatoms. The smallest absolute Gasteiger partial charge is 0.276 e. The Morgan fingerprint density at radius 1 is 1.25 bits per heavy atom. The van der Waals surface area contributed by atoms with Crippen molar-refractivity contribution < 1.29 is 4.52 Å². The van der Waals surface area contributed by atoms with Gasteiger partial charge in [0.25, 0.3) is 5.89 Å². The van der Waals surface area contributed by atoms with Crippen molar-refractivity contribution in [3.05, 3.63) is 52.6 Å². The van der Waals surface area contributed by atoms with Crippen molar-refractivity contribution in [1.82, 2.24) is 25.8 Å². The SMILES string of the molecule is CCNC(=NCC(C)Cc1cccs1)NCCc1noc(-c2ccccn2)n1. The van der Waals surface area contributed by atoms with E-state index in [1.807, 2.05) is 18.2 Å². The van der Waals surface area contributed by atoms with E-state index >= 15 is 0 Å². The van der Waals surface area contributed by atoms with Crippen LogP contribution in [0.25, 0.3) is 11.6 Å². The van der Waals surface area contributed by atoms with Crippen LogP contribution in [0.4, 0.5) is 0 Å². The van der Waals surface area contributed by atoms with Gasteiger partial charge in [-0.1, -0.05) is 24.2 Å². The molecular formula is C20H26N6OS. The molecule has 3 heterocycles. The topological polar surface area (TPSA) is 88.2 Å². The third-order valence-electron chi connectivity index (χ3n) is 4.03. The summed E-state index contributed by atoms with van der Waals surface area (Å²) in [5.41, 5.74) is 0.684. The summed E-state index contributed by atoms with van der Waals surface area (Å²) in [6.07, 6.45) is 3.41. The molecule has 3 rings (SSSR count). The first-order valence-corrected chi connectivity index (χ1v) is 10.4. The minimum absolute atomic E-state index is 0.443. The summed E-state index contributed by atoms with van der Waals surface area (Å²) in [5, 5.41) is 12.8. The lowest BCUT2D eigenvalue weighted by Crippen LogP contribution is -2.38. The Morgan fingerprint density at radius 3 is 2.93 bits per heavy atom. The molecule has 0 aromatic carbocycles. The fourth-order valence-corrected chi connectivity index (χ4v) is 3.54. The Kier molecular flexibility index (Phi) is 7.54. The molecule has 0 aliphatic carbocycles. The highest BCUT2D eigenvalue weighted by atomic mass is 32.1. The van der Waals surface area contributed by atoms with Crippen LogP contribution in [-0.2, 0) is 12.8 Å². The minimum atomic E-state index is 0.443. The maximum absolute atomic E-state index is 5.29. The molecule has 148 valence electrons. The first kappa shape index (κ1) is 20.0. The summed E-state index contributed by atoms with van der Waals surface area (Å²) >= 11 is 1.80. The predicted octanol–water partition coefficient (Wildman–Crippen LogP) is 3.17. The van der Waals surface area contributed by atoms with Crippen LogP contribution < -0.4 is 10.6 Å². The van der Waals surface area contributed by atoms with Crippen molar-refractivity contribution in [2.45, 2.75) is 26.7 Å². The van der Waals surface area contributed by atoms with Gasteiger partial charge in [0.05, 0.1) is 0 Å². The van der Waals surface area contributed by atoms with Gasteiger partial charge in [0.15, 0.2) is 11.8 Å². The number of guanidine groups is 1. The number of aliphatic imine (C=N–C) groups is 1. The number of nitrogens with one attached hydrogen (secondary N) is 2. The highest BCUT2D eigenvalue weighted by Crippen LogP contribution is 2.15. The van der Waals surface area contributed by atoms with Crippen LogP contribution in [-0.4, -0.2) is 40.7 Å². The van der Waals surface area contributed by atoms with Crippen LogP contribution in [0.15, 0.2) is 51.4 Å². The molecular weight excluding hydrogens is 372 g/mol. The van der Waals surface area contributed by atoms with Gasteiger partial charge in [0, 0.05) is 37.1 Å². The van der Waals surface area contributed by atoms with E-state index in [-0.39, 0.29) is 0 Å². The van der Waals surface area contributed by atoms with Crippen LogP contribution in [0.5, 0.6) is 0 Å². The fraction of sp³-hybridized carbons (Fsp3) is 0.400. The van der Waals surface area contributed by atoms with Gasteiger partial charge in [-0.15, -0.1) is 11.3 Å². The quantitative estimate of drug-likeness (QED) is 0.425. The summed E-state index contributed by atoms with van der Waals surface area (Å²) in [5.74, 6) is 2.40. The van der Waals surface area contributed by atoms with Gasteiger partial charge in [0.1, 0.15) is 5.69 Å². The van der Waals surface area contributed by atoms with Crippen molar-refractivity contribution >= 4 is 17.3 Å². The number of nitrogens with zero attached hydrogens (tertiary/aromatic N) is 4. The molecule has 0 saturated carbocycles. The van der Waals surface area contributed by atoms with E-state index < -0.39 is 0 Å². The predicted molar refractivity (Wildman–Crippen MR) is 112 cm³/mol. The Labute approximate surface area is 169 Å². The van der Waals surface area contributed by atoms with Gasteiger partial charge in [0.2, 0.25) is 0 Å². The van der Waals surface area contributed by atoms with Crippen molar-refractivity contribution in [1.29, 1.82) is 0 Å². The molecule has 0 aliphatic heterocycles. The maximum Gasteiger partial charge on any atom is 0.276 e. The lowest BCUT2D eigenvalue weighted by Gasteiger charge is -2.12. The highest BCUT2D eigenvalue weighted by molar-refractivity contribution is 7.09. The second kappa shape index (κ2) is 10.6. The lowest BCUT2D eigenvalue weighted by atomic mass is 10.1. The monoisotopic (exact) mass is 398 g/mol. The average Bonchev–Trinajstić information content (AvgIpc) is 3.39. The molecule has 0 fully saturated rings. The van der Waals surface area contributed by atoms with Crippen molar-refractivity contribution in [3.63, 3.8) is 0 Å². The van der Waals surface area contributed by atoms with E-state index in [4.69, 9.17) is 9.52 Å². The first-order chi connectivity index (χ1) is 13.7. The number of aromatic nitrogens is 3. The van der Waals surface area contributed by atoms with Crippen LogP contribution >= 0.6 is 11.3 Å². The molecule has 2 N–H and O–H groups in total. The van der Waals surface area contributed by atoms with E-state index in [0.29, 0.717) is 36.3 Å². The number of rotatable bonds is 9. The summed E-state index contributed by atoms with van der Waals surface area (Å²) in [7, 11) is 0. The zero-order valence-corrected chi connectivity index (χ0v) is 17.1. The van der Waals surface area contributed by atoms with Gasteiger partial charge >= 0.3 is 0 Å². The zero-order chi connectivity index (χ0) is 19.6.